The second-order valence-electron chi connectivity index (χ2n) is 7.85. The Morgan fingerprint density at radius 2 is 2.03 bits per heavy atom. The maximum atomic E-state index is 13.4. The molecule has 30 heavy (non-hydrogen) atoms. The molecule has 2 atom stereocenters. The fourth-order valence-corrected chi connectivity index (χ4v) is 5.44. The second-order valence-corrected chi connectivity index (χ2v) is 9.79. The summed E-state index contributed by atoms with van der Waals surface area (Å²) in [6.45, 7) is 4.48. The van der Waals surface area contributed by atoms with E-state index in [1.807, 2.05) is 6.92 Å². The molecule has 1 fully saturated rings. The Kier molecular flexibility index (Phi) is 6.90. The number of nitrogens with zero attached hydrogens (tertiary/aromatic N) is 1. The Morgan fingerprint density at radius 3 is 2.70 bits per heavy atom. The van der Waals surface area contributed by atoms with Crippen molar-refractivity contribution in [1.82, 2.24) is 4.31 Å². The molecular formula is C22H27FN2O4S. The number of aliphatic hydroxyl groups excluding tert-OH is 1. The highest BCUT2D eigenvalue weighted by molar-refractivity contribution is 7.89. The largest absolute Gasteiger partial charge is 0.396 e. The van der Waals surface area contributed by atoms with E-state index in [9.17, 15) is 17.6 Å². The zero-order valence-corrected chi connectivity index (χ0v) is 18.0. The molecule has 8 heteroatoms. The van der Waals surface area contributed by atoms with Crippen LogP contribution in [0.2, 0.25) is 0 Å². The monoisotopic (exact) mass is 434 g/mol. The van der Waals surface area contributed by atoms with E-state index in [0.29, 0.717) is 43.1 Å². The van der Waals surface area contributed by atoms with E-state index in [1.54, 1.807) is 19.1 Å². The highest BCUT2D eigenvalue weighted by Gasteiger charge is 2.33. The molecule has 0 bridgehead atoms. The summed E-state index contributed by atoms with van der Waals surface area (Å²) >= 11 is 0. The molecule has 1 saturated heterocycles. The van der Waals surface area contributed by atoms with Gasteiger partial charge in [0, 0.05) is 30.9 Å². The number of benzene rings is 2. The Balaban J connectivity index is 1.77. The Hall–Kier alpha value is -2.29. The van der Waals surface area contributed by atoms with E-state index in [2.05, 4.69) is 5.32 Å². The summed E-state index contributed by atoms with van der Waals surface area (Å²) in [5.41, 5.74) is 1.05. The van der Waals surface area contributed by atoms with Crippen molar-refractivity contribution in [2.24, 2.45) is 11.8 Å². The lowest BCUT2D eigenvalue weighted by Crippen LogP contribution is -2.43. The fraction of sp³-hybridized carbons (Fsp3) is 0.409. The molecule has 6 nitrogen and oxygen atoms in total. The molecule has 3 rings (SSSR count). The van der Waals surface area contributed by atoms with Gasteiger partial charge in [0.25, 0.3) is 5.91 Å². The van der Waals surface area contributed by atoms with Gasteiger partial charge in [0.15, 0.2) is 0 Å². The summed E-state index contributed by atoms with van der Waals surface area (Å²) in [6, 6.07) is 10.2. The molecule has 0 saturated carbocycles. The molecule has 0 aromatic heterocycles. The van der Waals surface area contributed by atoms with Crippen LogP contribution in [0.15, 0.2) is 47.4 Å². The van der Waals surface area contributed by atoms with Gasteiger partial charge in [0.05, 0.1) is 4.90 Å². The zero-order chi connectivity index (χ0) is 21.9. The number of aryl methyl sites for hydroxylation is 1. The normalized spacial score (nSPS) is 20.1. The number of hydrogen-bond acceptors (Lipinski definition) is 4. The van der Waals surface area contributed by atoms with Crippen LogP contribution >= 0.6 is 0 Å². The van der Waals surface area contributed by atoms with Crippen molar-refractivity contribution in [2.45, 2.75) is 31.6 Å². The van der Waals surface area contributed by atoms with Crippen LogP contribution in [-0.2, 0) is 10.0 Å². The minimum atomic E-state index is -3.73. The number of nitrogens with one attached hydrogen (secondary N) is 1. The van der Waals surface area contributed by atoms with Gasteiger partial charge in [-0.05, 0) is 73.6 Å². The van der Waals surface area contributed by atoms with Gasteiger partial charge >= 0.3 is 0 Å². The quantitative estimate of drug-likeness (QED) is 0.729. The van der Waals surface area contributed by atoms with E-state index in [4.69, 9.17) is 5.11 Å². The van der Waals surface area contributed by atoms with Crippen molar-refractivity contribution in [1.29, 1.82) is 0 Å². The first-order valence-electron chi connectivity index (χ1n) is 10.0. The van der Waals surface area contributed by atoms with E-state index >= 15 is 0 Å². The summed E-state index contributed by atoms with van der Waals surface area (Å²) in [7, 11) is -3.73. The highest BCUT2D eigenvalue weighted by atomic mass is 32.2. The van der Waals surface area contributed by atoms with Crippen LogP contribution in [0.5, 0.6) is 0 Å². The predicted molar refractivity (Wildman–Crippen MR) is 113 cm³/mol. The van der Waals surface area contributed by atoms with Gasteiger partial charge in [0.2, 0.25) is 10.0 Å². The van der Waals surface area contributed by atoms with Gasteiger partial charge in [-0.1, -0.05) is 13.0 Å². The van der Waals surface area contributed by atoms with Gasteiger partial charge in [0.1, 0.15) is 5.82 Å². The number of piperidine rings is 1. The van der Waals surface area contributed by atoms with Crippen LogP contribution in [0.25, 0.3) is 0 Å². The predicted octanol–water partition coefficient (Wildman–Crippen LogP) is 3.42. The Morgan fingerprint density at radius 1 is 1.27 bits per heavy atom. The standard InChI is InChI=1S/C22H27FN2O4S/c1-15-12-19(6-7-21(15)23)24-22(27)18-4-3-5-20(13-18)30(28,29)25-10-8-17(9-11-26)16(2)14-25/h3-7,12-13,16-17,26H,8-11,14H2,1-2H3,(H,24,27). The van der Waals surface area contributed by atoms with Crippen molar-refractivity contribution in [2.75, 3.05) is 25.0 Å². The number of amides is 1. The summed E-state index contributed by atoms with van der Waals surface area (Å²) < 4.78 is 41.1. The Labute approximate surface area is 176 Å². The number of aliphatic hydroxyl groups is 1. The lowest BCUT2D eigenvalue weighted by Gasteiger charge is -2.36. The minimum Gasteiger partial charge on any atom is -0.396 e. The lowest BCUT2D eigenvalue weighted by atomic mass is 9.86. The van der Waals surface area contributed by atoms with E-state index in [1.165, 1.54) is 34.6 Å². The molecule has 1 heterocycles. The molecule has 0 spiro atoms. The van der Waals surface area contributed by atoms with Crippen molar-refractivity contribution < 1.29 is 22.7 Å². The third kappa shape index (κ3) is 4.88. The van der Waals surface area contributed by atoms with Gasteiger partial charge in [-0.2, -0.15) is 4.31 Å². The molecule has 1 aliphatic heterocycles. The molecule has 162 valence electrons. The summed E-state index contributed by atoms with van der Waals surface area (Å²) in [4.78, 5) is 12.7. The van der Waals surface area contributed by atoms with Crippen molar-refractivity contribution in [3.05, 3.63) is 59.4 Å². The van der Waals surface area contributed by atoms with Crippen LogP contribution < -0.4 is 5.32 Å². The summed E-state index contributed by atoms with van der Waals surface area (Å²) in [5, 5.41) is 11.8. The van der Waals surface area contributed by atoms with Crippen LogP contribution in [0.4, 0.5) is 10.1 Å². The van der Waals surface area contributed by atoms with E-state index < -0.39 is 15.9 Å². The van der Waals surface area contributed by atoms with Gasteiger partial charge in [-0.25, -0.2) is 12.8 Å². The first kappa shape index (κ1) is 22.4. The van der Waals surface area contributed by atoms with Crippen molar-refractivity contribution in [3.8, 4) is 0 Å². The molecule has 0 radical (unpaired) electrons. The maximum absolute atomic E-state index is 13.4. The average molecular weight is 435 g/mol. The number of hydrogen-bond donors (Lipinski definition) is 2. The first-order valence-corrected chi connectivity index (χ1v) is 11.4. The minimum absolute atomic E-state index is 0.0678. The summed E-state index contributed by atoms with van der Waals surface area (Å²) in [5.74, 6) is -0.377. The van der Waals surface area contributed by atoms with Crippen molar-refractivity contribution >= 4 is 21.6 Å². The van der Waals surface area contributed by atoms with Crippen LogP contribution in [0, 0.1) is 24.6 Å². The number of rotatable bonds is 6. The molecule has 0 aliphatic carbocycles. The van der Waals surface area contributed by atoms with Crippen LogP contribution in [-0.4, -0.2) is 43.4 Å². The number of anilines is 1. The molecular weight excluding hydrogens is 407 g/mol. The van der Waals surface area contributed by atoms with Crippen molar-refractivity contribution in [3.63, 3.8) is 0 Å². The molecule has 2 N–H and O–H groups in total. The molecule has 1 aliphatic rings. The van der Waals surface area contributed by atoms with Crippen LogP contribution in [0.1, 0.15) is 35.7 Å². The Bertz CT molecular complexity index is 1030. The number of carbonyl (C=O) groups excluding carboxylic acids is 1. The number of sulfonamides is 1. The smallest absolute Gasteiger partial charge is 0.255 e. The molecule has 2 unspecified atom stereocenters. The molecule has 1 amide bonds. The van der Waals surface area contributed by atoms with E-state index in [-0.39, 0.29) is 28.8 Å². The lowest BCUT2D eigenvalue weighted by molar-refractivity contribution is 0.102. The highest BCUT2D eigenvalue weighted by Crippen LogP contribution is 2.30. The average Bonchev–Trinajstić information content (AvgIpc) is 2.72. The van der Waals surface area contributed by atoms with E-state index in [0.717, 1.165) is 0 Å². The number of carbonyl (C=O) groups is 1. The SMILES string of the molecule is Cc1cc(NC(=O)c2cccc(S(=O)(=O)N3CCC(CCO)C(C)C3)c2)ccc1F. The first-order chi connectivity index (χ1) is 14.2. The van der Waals surface area contributed by atoms with Gasteiger partial charge < -0.3 is 10.4 Å². The molecule has 2 aromatic rings. The topological polar surface area (TPSA) is 86.7 Å². The van der Waals surface area contributed by atoms with Gasteiger partial charge in [-0.3, -0.25) is 4.79 Å². The third-order valence-corrected chi connectivity index (χ3v) is 7.56. The molecule has 2 aromatic carbocycles. The fourth-order valence-electron chi connectivity index (χ4n) is 3.84. The number of halogens is 1. The third-order valence-electron chi connectivity index (χ3n) is 5.70. The maximum Gasteiger partial charge on any atom is 0.255 e. The zero-order valence-electron chi connectivity index (χ0n) is 17.1. The van der Waals surface area contributed by atoms with Crippen LogP contribution in [0.3, 0.4) is 0 Å². The summed E-state index contributed by atoms with van der Waals surface area (Å²) in [6.07, 6.45) is 1.37. The van der Waals surface area contributed by atoms with Gasteiger partial charge in [-0.15, -0.1) is 0 Å². The second kappa shape index (κ2) is 9.24.